The highest BCUT2D eigenvalue weighted by Crippen LogP contribution is 2.18. The molecule has 1 atom stereocenters. The van der Waals surface area contributed by atoms with Gasteiger partial charge >= 0.3 is 0 Å². The molecule has 0 aliphatic rings. The van der Waals surface area contributed by atoms with Gasteiger partial charge in [-0.25, -0.2) is 0 Å². The molecule has 130 valence electrons. The average molecular weight is 351 g/mol. The molecule has 0 radical (unpaired) electrons. The van der Waals surface area contributed by atoms with Crippen LogP contribution < -0.4 is 15.8 Å². The summed E-state index contributed by atoms with van der Waals surface area (Å²) in [5.41, 5.74) is 7.28. The molecule has 0 saturated heterocycles. The van der Waals surface area contributed by atoms with E-state index in [1.165, 1.54) is 0 Å². The smallest absolute Gasteiger partial charge is 0.253 e. The number of amides is 1. The number of anilines is 1. The predicted octanol–water partition coefficient (Wildman–Crippen LogP) is 2.94. The summed E-state index contributed by atoms with van der Waals surface area (Å²) in [6, 6.07) is 14.0. The Morgan fingerprint density at radius 3 is 2.38 bits per heavy atom. The first-order valence-electron chi connectivity index (χ1n) is 7.54. The van der Waals surface area contributed by atoms with Crippen LogP contribution in [0.1, 0.15) is 35.9 Å². The first-order chi connectivity index (χ1) is 11.0. The van der Waals surface area contributed by atoms with E-state index in [2.05, 4.69) is 5.32 Å². The number of halogens is 1. The first-order valence-corrected chi connectivity index (χ1v) is 7.54. The summed E-state index contributed by atoms with van der Waals surface area (Å²) < 4.78 is 5.55. The summed E-state index contributed by atoms with van der Waals surface area (Å²) >= 11 is 0. The number of hydrogen-bond acceptors (Lipinski definition) is 4. The van der Waals surface area contributed by atoms with Crippen molar-refractivity contribution < 1.29 is 14.6 Å². The van der Waals surface area contributed by atoms with Gasteiger partial charge in [0, 0.05) is 12.2 Å². The van der Waals surface area contributed by atoms with Gasteiger partial charge in [-0.05, 0) is 43.7 Å². The van der Waals surface area contributed by atoms with Gasteiger partial charge in [0.05, 0.1) is 17.8 Å². The minimum absolute atomic E-state index is 0. The van der Waals surface area contributed by atoms with Crippen molar-refractivity contribution in [3.8, 4) is 5.75 Å². The first kappa shape index (κ1) is 19.8. The molecule has 1 amide bonds. The molecule has 2 aromatic carbocycles. The van der Waals surface area contributed by atoms with E-state index in [1.54, 1.807) is 48.5 Å². The molecule has 0 fully saturated rings. The largest absolute Gasteiger partial charge is 0.491 e. The molecule has 0 bridgehead atoms. The number of nitrogens with two attached hydrogens (primary N) is 1. The van der Waals surface area contributed by atoms with Crippen molar-refractivity contribution >= 4 is 24.0 Å². The lowest BCUT2D eigenvalue weighted by atomic mass is 10.1. The van der Waals surface area contributed by atoms with E-state index >= 15 is 0 Å². The van der Waals surface area contributed by atoms with Gasteiger partial charge in [-0.15, -0.1) is 12.4 Å². The number of nitrogen functional groups attached to an aromatic ring is 1. The molecule has 1 unspecified atom stereocenters. The third-order valence-corrected chi connectivity index (χ3v) is 3.30. The summed E-state index contributed by atoms with van der Waals surface area (Å²) in [5, 5.41) is 12.9. The number of para-hydroxylation sites is 1. The van der Waals surface area contributed by atoms with E-state index < -0.39 is 6.10 Å². The average Bonchev–Trinajstić information content (AvgIpc) is 2.53. The lowest BCUT2D eigenvalue weighted by molar-refractivity contribution is 0.0917. The highest BCUT2D eigenvalue weighted by Gasteiger charge is 2.12. The molecule has 4 N–H and O–H groups in total. The molecule has 2 aromatic rings. The van der Waals surface area contributed by atoms with E-state index in [0.29, 0.717) is 16.8 Å². The molecule has 24 heavy (non-hydrogen) atoms. The minimum atomic E-state index is -0.794. The molecule has 0 aromatic heterocycles. The van der Waals surface area contributed by atoms with Crippen molar-refractivity contribution in [3.05, 3.63) is 59.7 Å². The number of aliphatic hydroxyl groups excluding tert-OH is 1. The lowest BCUT2D eigenvalue weighted by Crippen LogP contribution is -2.28. The van der Waals surface area contributed by atoms with E-state index in [-0.39, 0.29) is 31.0 Å². The van der Waals surface area contributed by atoms with Gasteiger partial charge < -0.3 is 20.9 Å². The summed E-state index contributed by atoms with van der Waals surface area (Å²) in [6.45, 7) is 4.01. The second-order valence-electron chi connectivity index (χ2n) is 5.55. The van der Waals surface area contributed by atoms with Crippen molar-refractivity contribution in [2.45, 2.75) is 26.1 Å². The maximum absolute atomic E-state index is 12.1. The number of benzene rings is 2. The minimum Gasteiger partial charge on any atom is -0.491 e. The van der Waals surface area contributed by atoms with Crippen molar-refractivity contribution in [1.82, 2.24) is 5.32 Å². The molecule has 2 rings (SSSR count). The molecule has 0 aliphatic carbocycles. The number of rotatable bonds is 6. The maximum Gasteiger partial charge on any atom is 0.253 e. The third kappa shape index (κ3) is 5.44. The Morgan fingerprint density at radius 2 is 1.79 bits per heavy atom. The zero-order valence-corrected chi connectivity index (χ0v) is 14.5. The fourth-order valence-electron chi connectivity index (χ4n) is 2.15. The van der Waals surface area contributed by atoms with Gasteiger partial charge in [0.2, 0.25) is 0 Å². The molecular formula is C18H23ClN2O3. The SMILES string of the molecule is CC(C)Oc1ccc(C(O)CNC(=O)c2ccccc2N)cc1.Cl. The summed E-state index contributed by atoms with van der Waals surface area (Å²) in [5.74, 6) is 0.443. The molecule has 0 spiro atoms. The van der Waals surface area contributed by atoms with Crippen molar-refractivity contribution in [1.29, 1.82) is 0 Å². The van der Waals surface area contributed by atoms with E-state index in [0.717, 1.165) is 5.75 Å². The van der Waals surface area contributed by atoms with E-state index in [9.17, 15) is 9.90 Å². The molecule has 0 heterocycles. The Hall–Kier alpha value is -2.24. The number of hydrogen-bond donors (Lipinski definition) is 3. The van der Waals surface area contributed by atoms with Gasteiger partial charge in [-0.2, -0.15) is 0 Å². The summed E-state index contributed by atoms with van der Waals surface area (Å²) in [6.07, 6.45) is -0.696. The number of carbonyl (C=O) groups is 1. The maximum atomic E-state index is 12.1. The molecule has 5 nitrogen and oxygen atoms in total. The van der Waals surface area contributed by atoms with Crippen molar-refractivity contribution in [3.63, 3.8) is 0 Å². The van der Waals surface area contributed by atoms with Gasteiger partial charge in [0.25, 0.3) is 5.91 Å². The number of nitrogens with one attached hydrogen (secondary N) is 1. The van der Waals surface area contributed by atoms with Crippen LogP contribution in [0, 0.1) is 0 Å². The molecule has 6 heteroatoms. The second-order valence-corrected chi connectivity index (χ2v) is 5.55. The predicted molar refractivity (Wildman–Crippen MR) is 97.6 cm³/mol. The second kappa shape index (κ2) is 9.15. The van der Waals surface area contributed by atoms with Crippen LogP contribution in [-0.2, 0) is 0 Å². The van der Waals surface area contributed by atoms with Crippen molar-refractivity contribution in [2.75, 3.05) is 12.3 Å². The Bertz CT molecular complexity index is 660. The zero-order valence-electron chi connectivity index (χ0n) is 13.7. The van der Waals surface area contributed by atoms with Crippen molar-refractivity contribution in [2.24, 2.45) is 0 Å². The van der Waals surface area contributed by atoms with Crippen LogP contribution in [-0.4, -0.2) is 23.7 Å². The normalized spacial score (nSPS) is 11.5. The van der Waals surface area contributed by atoms with Crippen LogP contribution in [0.3, 0.4) is 0 Å². The van der Waals surface area contributed by atoms with Gasteiger partial charge in [0.15, 0.2) is 0 Å². The zero-order chi connectivity index (χ0) is 16.8. The Kier molecular flexibility index (Phi) is 7.55. The fraction of sp³-hybridized carbons (Fsp3) is 0.278. The molecule has 0 saturated carbocycles. The number of ether oxygens (including phenoxy) is 1. The van der Waals surface area contributed by atoms with Gasteiger partial charge in [-0.1, -0.05) is 24.3 Å². The Morgan fingerprint density at radius 1 is 1.17 bits per heavy atom. The number of aliphatic hydroxyl groups is 1. The van der Waals surface area contributed by atoms with Crippen LogP contribution in [0.5, 0.6) is 5.75 Å². The van der Waals surface area contributed by atoms with Gasteiger partial charge in [-0.3, -0.25) is 4.79 Å². The van der Waals surface area contributed by atoms with Crippen LogP contribution in [0.25, 0.3) is 0 Å². The molecule has 0 aliphatic heterocycles. The van der Waals surface area contributed by atoms with E-state index in [1.807, 2.05) is 13.8 Å². The van der Waals surface area contributed by atoms with Crippen LogP contribution >= 0.6 is 12.4 Å². The highest BCUT2D eigenvalue weighted by atomic mass is 35.5. The Labute approximate surface area is 148 Å². The number of carbonyl (C=O) groups excluding carboxylic acids is 1. The third-order valence-electron chi connectivity index (χ3n) is 3.30. The summed E-state index contributed by atoms with van der Waals surface area (Å²) in [4.78, 5) is 12.1. The van der Waals surface area contributed by atoms with Gasteiger partial charge in [0.1, 0.15) is 5.75 Å². The van der Waals surface area contributed by atoms with Crippen LogP contribution in [0.4, 0.5) is 5.69 Å². The van der Waals surface area contributed by atoms with Crippen LogP contribution in [0.15, 0.2) is 48.5 Å². The quantitative estimate of drug-likeness (QED) is 0.699. The Balaban J connectivity index is 0.00000288. The fourth-order valence-corrected chi connectivity index (χ4v) is 2.15. The summed E-state index contributed by atoms with van der Waals surface area (Å²) in [7, 11) is 0. The van der Waals surface area contributed by atoms with E-state index in [4.69, 9.17) is 10.5 Å². The topological polar surface area (TPSA) is 84.6 Å². The highest BCUT2D eigenvalue weighted by molar-refractivity contribution is 5.99. The van der Waals surface area contributed by atoms with Crippen LogP contribution in [0.2, 0.25) is 0 Å². The monoisotopic (exact) mass is 350 g/mol. The molecular weight excluding hydrogens is 328 g/mol. The lowest BCUT2D eigenvalue weighted by Gasteiger charge is -2.14. The standard InChI is InChI=1S/C18H22N2O3.ClH/c1-12(2)23-14-9-7-13(8-10-14)17(21)11-20-18(22)15-5-3-4-6-16(15)19;/h3-10,12,17,21H,11,19H2,1-2H3,(H,20,22);1H.